The number of hydrogen-bond donors (Lipinski definition) is 2. The molecule has 0 saturated heterocycles. The highest BCUT2D eigenvalue weighted by Gasteiger charge is 2.48. The van der Waals surface area contributed by atoms with Gasteiger partial charge in [0.05, 0.1) is 12.0 Å². The lowest BCUT2D eigenvalue weighted by Gasteiger charge is -2.42. The van der Waals surface area contributed by atoms with E-state index in [0.29, 0.717) is 19.4 Å². The monoisotopic (exact) mass is 324 g/mol. The number of carbonyl (C=O) groups is 2. The minimum Gasteiger partial charge on any atom is -0.480 e. The minimum absolute atomic E-state index is 0.0574. The summed E-state index contributed by atoms with van der Waals surface area (Å²) < 4.78 is 38.2. The zero-order valence-corrected chi connectivity index (χ0v) is 13.0. The molecule has 1 aliphatic rings. The summed E-state index contributed by atoms with van der Waals surface area (Å²) in [6.07, 6.45) is -3.89. The summed E-state index contributed by atoms with van der Waals surface area (Å²) in [7, 11) is 0. The van der Waals surface area contributed by atoms with E-state index in [1.165, 1.54) is 0 Å². The van der Waals surface area contributed by atoms with Gasteiger partial charge in [0, 0.05) is 18.5 Å². The number of likely N-dealkylation sites (N-methyl/N-ethyl adjacent to an activating group) is 1. The molecule has 1 amide bonds. The Balaban J connectivity index is 2.39. The van der Waals surface area contributed by atoms with E-state index in [-0.39, 0.29) is 18.6 Å². The SMILES string of the molecule is CCN(CC(=O)O)C1CC(NC(=O)CC(C)(C)C(F)(F)F)C1. The maximum atomic E-state index is 12.7. The lowest BCUT2D eigenvalue weighted by Crippen LogP contribution is -2.55. The maximum Gasteiger partial charge on any atom is 0.394 e. The van der Waals surface area contributed by atoms with Crippen LogP contribution in [0.3, 0.4) is 0 Å². The third-order valence-electron chi connectivity index (χ3n) is 4.11. The number of alkyl halides is 3. The Kier molecular flexibility index (Phi) is 5.83. The van der Waals surface area contributed by atoms with Crippen LogP contribution in [0.2, 0.25) is 0 Å². The molecule has 128 valence electrons. The Bertz CT molecular complexity index is 418. The molecule has 22 heavy (non-hydrogen) atoms. The van der Waals surface area contributed by atoms with Crippen molar-refractivity contribution in [3.8, 4) is 0 Å². The number of aliphatic carboxylic acids is 1. The van der Waals surface area contributed by atoms with Crippen molar-refractivity contribution in [3.05, 3.63) is 0 Å². The Morgan fingerprint density at radius 2 is 1.82 bits per heavy atom. The molecule has 0 bridgehead atoms. The number of halogens is 3. The smallest absolute Gasteiger partial charge is 0.394 e. The van der Waals surface area contributed by atoms with Crippen molar-refractivity contribution in [1.29, 1.82) is 0 Å². The van der Waals surface area contributed by atoms with E-state index in [1.54, 1.807) is 4.90 Å². The first-order valence-electron chi connectivity index (χ1n) is 7.28. The minimum atomic E-state index is -4.42. The van der Waals surface area contributed by atoms with Gasteiger partial charge in [-0.25, -0.2) is 0 Å². The highest BCUT2D eigenvalue weighted by molar-refractivity contribution is 5.77. The first-order chi connectivity index (χ1) is 9.96. The fraction of sp³-hybridized carbons (Fsp3) is 0.857. The molecule has 1 fully saturated rings. The van der Waals surface area contributed by atoms with Crippen molar-refractivity contribution in [3.63, 3.8) is 0 Å². The Morgan fingerprint density at radius 3 is 2.23 bits per heavy atom. The van der Waals surface area contributed by atoms with Crippen molar-refractivity contribution in [2.75, 3.05) is 13.1 Å². The third kappa shape index (κ3) is 4.86. The van der Waals surface area contributed by atoms with Crippen LogP contribution in [0.25, 0.3) is 0 Å². The van der Waals surface area contributed by atoms with E-state index in [2.05, 4.69) is 5.32 Å². The molecule has 1 rings (SSSR count). The molecule has 2 N–H and O–H groups in total. The molecular formula is C14H23F3N2O3. The standard InChI is InChI=1S/C14H23F3N2O3/c1-4-19(8-12(21)22)10-5-9(6-10)18-11(20)7-13(2,3)14(15,16)17/h9-10H,4-8H2,1-3H3,(H,18,20)(H,21,22). The number of carboxylic acids is 1. The van der Waals surface area contributed by atoms with E-state index >= 15 is 0 Å². The van der Waals surface area contributed by atoms with E-state index in [1.807, 2.05) is 6.92 Å². The predicted octanol–water partition coefficient (Wildman–Crippen LogP) is 2.02. The summed E-state index contributed by atoms with van der Waals surface area (Å²) in [4.78, 5) is 24.2. The zero-order chi connectivity index (χ0) is 17.1. The van der Waals surface area contributed by atoms with E-state index in [0.717, 1.165) is 13.8 Å². The molecule has 0 aliphatic heterocycles. The number of carboxylic acid groups (broad SMARTS) is 1. The molecule has 0 heterocycles. The van der Waals surface area contributed by atoms with Gasteiger partial charge in [0.1, 0.15) is 0 Å². The summed E-state index contributed by atoms with van der Waals surface area (Å²) in [6, 6.07) is -0.119. The Hall–Kier alpha value is -1.31. The van der Waals surface area contributed by atoms with Crippen LogP contribution >= 0.6 is 0 Å². The molecule has 0 aromatic carbocycles. The molecule has 1 aliphatic carbocycles. The number of nitrogens with one attached hydrogen (secondary N) is 1. The molecule has 0 aromatic heterocycles. The van der Waals surface area contributed by atoms with Gasteiger partial charge in [0.2, 0.25) is 5.91 Å². The number of carbonyl (C=O) groups excluding carboxylic acids is 1. The van der Waals surface area contributed by atoms with Gasteiger partial charge in [-0.15, -0.1) is 0 Å². The van der Waals surface area contributed by atoms with Gasteiger partial charge in [-0.3, -0.25) is 14.5 Å². The van der Waals surface area contributed by atoms with Crippen molar-refractivity contribution >= 4 is 11.9 Å². The van der Waals surface area contributed by atoms with Gasteiger partial charge >= 0.3 is 12.1 Å². The predicted molar refractivity (Wildman–Crippen MR) is 74.3 cm³/mol. The summed E-state index contributed by atoms with van der Waals surface area (Å²) in [5.74, 6) is -1.53. The van der Waals surface area contributed by atoms with Crippen LogP contribution in [-0.4, -0.2) is 53.2 Å². The van der Waals surface area contributed by atoms with E-state index < -0.39 is 29.9 Å². The number of nitrogens with zero attached hydrogens (tertiary/aromatic N) is 1. The van der Waals surface area contributed by atoms with Gasteiger partial charge in [-0.1, -0.05) is 20.8 Å². The molecule has 0 spiro atoms. The summed E-state index contributed by atoms with van der Waals surface area (Å²) in [6.45, 7) is 4.37. The van der Waals surface area contributed by atoms with Gasteiger partial charge in [0.25, 0.3) is 0 Å². The van der Waals surface area contributed by atoms with Crippen molar-refractivity contribution < 1.29 is 27.9 Å². The number of rotatable bonds is 7. The van der Waals surface area contributed by atoms with Crippen LogP contribution in [-0.2, 0) is 9.59 Å². The largest absolute Gasteiger partial charge is 0.480 e. The molecule has 0 unspecified atom stereocenters. The summed E-state index contributed by atoms with van der Waals surface area (Å²) in [5.41, 5.74) is -2.06. The fourth-order valence-corrected chi connectivity index (χ4v) is 2.46. The second-order valence-electron chi connectivity index (χ2n) is 6.40. The quantitative estimate of drug-likeness (QED) is 0.752. The second kappa shape index (κ2) is 6.85. The zero-order valence-electron chi connectivity index (χ0n) is 13.0. The molecular weight excluding hydrogens is 301 g/mol. The topological polar surface area (TPSA) is 69.6 Å². The first kappa shape index (κ1) is 18.7. The molecule has 8 heteroatoms. The van der Waals surface area contributed by atoms with Crippen LogP contribution in [0, 0.1) is 5.41 Å². The van der Waals surface area contributed by atoms with Crippen molar-refractivity contribution in [2.45, 2.75) is 58.3 Å². The average molecular weight is 324 g/mol. The number of amides is 1. The molecule has 0 radical (unpaired) electrons. The molecule has 1 saturated carbocycles. The third-order valence-corrected chi connectivity index (χ3v) is 4.11. The van der Waals surface area contributed by atoms with Gasteiger partial charge in [-0.2, -0.15) is 13.2 Å². The maximum absolute atomic E-state index is 12.7. The Morgan fingerprint density at radius 1 is 1.27 bits per heavy atom. The Labute approximate surface area is 127 Å². The summed E-state index contributed by atoms with van der Waals surface area (Å²) in [5, 5.41) is 11.4. The lowest BCUT2D eigenvalue weighted by molar-refractivity contribution is -0.214. The second-order valence-corrected chi connectivity index (χ2v) is 6.40. The van der Waals surface area contributed by atoms with Crippen LogP contribution in [0.4, 0.5) is 13.2 Å². The van der Waals surface area contributed by atoms with E-state index in [9.17, 15) is 22.8 Å². The molecule has 5 nitrogen and oxygen atoms in total. The normalized spacial score (nSPS) is 22.3. The number of hydrogen-bond acceptors (Lipinski definition) is 3. The van der Waals surface area contributed by atoms with E-state index in [4.69, 9.17) is 5.11 Å². The summed E-state index contributed by atoms with van der Waals surface area (Å²) >= 11 is 0. The van der Waals surface area contributed by atoms with Crippen LogP contribution < -0.4 is 5.32 Å². The van der Waals surface area contributed by atoms with Gasteiger partial charge in [0.15, 0.2) is 0 Å². The highest BCUT2D eigenvalue weighted by atomic mass is 19.4. The van der Waals surface area contributed by atoms with Crippen molar-refractivity contribution in [1.82, 2.24) is 10.2 Å². The lowest BCUT2D eigenvalue weighted by atomic mass is 9.84. The fourth-order valence-electron chi connectivity index (χ4n) is 2.46. The van der Waals surface area contributed by atoms with Gasteiger partial charge in [-0.05, 0) is 19.4 Å². The van der Waals surface area contributed by atoms with Gasteiger partial charge < -0.3 is 10.4 Å². The van der Waals surface area contributed by atoms with Crippen LogP contribution in [0.15, 0.2) is 0 Å². The van der Waals surface area contributed by atoms with Crippen LogP contribution in [0.1, 0.15) is 40.0 Å². The highest BCUT2D eigenvalue weighted by Crippen LogP contribution is 2.40. The molecule has 0 atom stereocenters. The molecule has 0 aromatic rings. The van der Waals surface area contributed by atoms with Crippen molar-refractivity contribution in [2.24, 2.45) is 5.41 Å². The average Bonchev–Trinajstić information content (AvgIpc) is 2.28. The first-order valence-corrected chi connectivity index (χ1v) is 7.28. The van der Waals surface area contributed by atoms with Crippen LogP contribution in [0.5, 0.6) is 0 Å².